The number of hydrogen-bond acceptors (Lipinski definition) is 5. The normalized spacial score (nSPS) is 14.6. The average Bonchev–Trinajstić information content (AvgIpc) is 3.67. The maximum Gasteiger partial charge on any atom is 0.257 e. The molecule has 1 aromatic heterocycles. The fourth-order valence-corrected chi connectivity index (χ4v) is 4.98. The van der Waals surface area contributed by atoms with Gasteiger partial charge in [-0.3, -0.25) is 19.5 Å². The number of aromatic nitrogens is 2. The molecular weight excluding hydrogens is 535 g/mol. The number of imidazole rings is 1. The number of methoxy groups -OCH3 is 1. The van der Waals surface area contributed by atoms with Crippen LogP contribution in [0.1, 0.15) is 48.5 Å². The Kier molecular flexibility index (Phi) is 8.97. The average molecular weight is 571 g/mol. The number of nitrogens with zero attached hydrogens (tertiary/aromatic N) is 3. The molecule has 4 aromatic rings. The maximum atomic E-state index is 14.5. The van der Waals surface area contributed by atoms with Crippen molar-refractivity contribution in [2.75, 3.05) is 32.1 Å². The van der Waals surface area contributed by atoms with Gasteiger partial charge >= 0.3 is 0 Å². The third-order valence-corrected chi connectivity index (χ3v) is 7.35. The minimum absolute atomic E-state index is 0.0863. The van der Waals surface area contributed by atoms with Crippen molar-refractivity contribution in [3.8, 4) is 22.7 Å². The lowest BCUT2D eigenvalue weighted by Gasteiger charge is -2.25. The van der Waals surface area contributed by atoms with Crippen LogP contribution in [0.4, 0.5) is 10.3 Å². The quantitative estimate of drug-likeness (QED) is 0.250. The van der Waals surface area contributed by atoms with Gasteiger partial charge in [0.1, 0.15) is 18.1 Å². The molecule has 1 saturated heterocycles. The largest absolute Gasteiger partial charge is 0.497 e. The Morgan fingerprint density at radius 1 is 1.10 bits per heavy atom. The number of carbonyl (C=O) groups excluding carboxylic acids is 2. The first-order valence-corrected chi connectivity index (χ1v) is 14.1. The second-order valence-corrected chi connectivity index (χ2v) is 10.6. The molecule has 0 aliphatic carbocycles. The number of amides is 2. The number of halogens is 1. The number of nitrogens with one attached hydrogen (secondary N) is 1. The molecule has 42 heavy (non-hydrogen) atoms. The van der Waals surface area contributed by atoms with E-state index in [9.17, 15) is 14.0 Å². The van der Waals surface area contributed by atoms with Crippen LogP contribution in [0.3, 0.4) is 0 Å². The fourth-order valence-electron chi connectivity index (χ4n) is 4.98. The van der Waals surface area contributed by atoms with Gasteiger partial charge in [-0.1, -0.05) is 38.1 Å². The number of rotatable bonds is 10. The Labute approximate surface area is 245 Å². The summed E-state index contributed by atoms with van der Waals surface area (Å²) in [7, 11) is 1.61. The van der Waals surface area contributed by atoms with Crippen molar-refractivity contribution in [1.29, 1.82) is 0 Å². The van der Waals surface area contributed by atoms with Gasteiger partial charge in [-0.2, -0.15) is 0 Å². The summed E-state index contributed by atoms with van der Waals surface area (Å²) in [5, 5.41) is 2.90. The minimum atomic E-state index is -0.634. The number of hydrogen-bond donors (Lipinski definition) is 1. The van der Waals surface area contributed by atoms with E-state index in [0.717, 1.165) is 29.8 Å². The smallest absolute Gasteiger partial charge is 0.257 e. The van der Waals surface area contributed by atoms with Gasteiger partial charge in [0, 0.05) is 30.6 Å². The van der Waals surface area contributed by atoms with Gasteiger partial charge in [0.15, 0.2) is 0 Å². The van der Waals surface area contributed by atoms with Gasteiger partial charge in [-0.05, 0) is 72.9 Å². The van der Waals surface area contributed by atoms with Gasteiger partial charge in [0.2, 0.25) is 11.9 Å². The van der Waals surface area contributed by atoms with E-state index in [1.165, 1.54) is 28.7 Å². The molecule has 1 atom stereocenters. The third-order valence-electron chi connectivity index (χ3n) is 7.35. The summed E-state index contributed by atoms with van der Waals surface area (Å²) in [5.74, 6) is -0.252. The van der Waals surface area contributed by atoms with Crippen LogP contribution >= 0.6 is 0 Å². The van der Waals surface area contributed by atoms with Crippen LogP contribution in [-0.2, 0) is 9.53 Å². The Hall–Kier alpha value is -4.50. The zero-order valence-corrected chi connectivity index (χ0v) is 24.0. The van der Waals surface area contributed by atoms with E-state index in [2.05, 4.69) is 31.3 Å². The summed E-state index contributed by atoms with van der Waals surface area (Å²) >= 11 is 0. The summed E-state index contributed by atoms with van der Waals surface area (Å²) < 4.78 is 27.3. The highest BCUT2D eigenvalue weighted by Crippen LogP contribution is 2.27. The SMILES string of the molecule is COc1ccc(-c2cn(-c3ccc(C(C)C)cc3)c(NC(=O)CN(C[C@H]3CCCO3)C(=O)c3ccccc3F)n2)cc1. The van der Waals surface area contributed by atoms with Gasteiger partial charge in [-0.15, -0.1) is 0 Å². The molecule has 2 amide bonds. The van der Waals surface area contributed by atoms with Gasteiger partial charge in [0.05, 0.1) is 24.5 Å². The van der Waals surface area contributed by atoms with E-state index < -0.39 is 17.6 Å². The summed E-state index contributed by atoms with van der Waals surface area (Å²) in [6.07, 6.45) is 3.29. The molecule has 0 unspecified atom stereocenters. The van der Waals surface area contributed by atoms with E-state index in [4.69, 9.17) is 14.5 Å². The molecule has 1 fully saturated rings. The van der Waals surface area contributed by atoms with E-state index >= 15 is 0 Å². The van der Waals surface area contributed by atoms with Crippen molar-refractivity contribution in [3.63, 3.8) is 0 Å². The Morgan fingerprint density at radius 3 is 2.48 bits per heavy atom. The monoisotopic (exact) mass is 570 g/mol. The van der Waals surface area contributed by atoms with Crippen LogP contribution < -0.4 is 10.1 Å². The standard InChI is InChI=1S/C33H35FN4O4/c1-22(2)23-10-14-25(15-11-23)38-20-30(24-12-16-26(41-3)17-13-24)35-33(38)36-31(39)21-37(19-27-7-6-18-42-27)32(40)28-8-4-5-9-29(28)34/h4-5,8-17,20,22,27H,6-7,18-19,21H2,1-3H3,(H,35,36,39)/t27-/m1/s1. The summed E-state index contributed by atoms with van der Waals surface area (Å²) in [5.41, 5.74) is 3.42. The molecule has 2 heterocycles. The van der Waals surface area contributed by atoms with Crippen LogP contribution in [0.25, 0.3) is 16.9 Å². The topological polar surface area (TPSA) is 85.7 Å². The van der Waals surface area contributed by atoms with Crippen LogP contribution in [0.5, 0.6) is 5.75 Å². The Balaban J connectivity index is 1.43. The molecule has 0 spiro atoms. The van der Waals surface area contributed by atoms with Crippen LogP contribution in [-0.4, -0.2) is 59.2 Å². The molecule has 5 rings (SSSR count). The van der Waals surface area contributed by atoms with Crippen LogP contribution in [0.2, 0.25) is 0 Å². The Bertz CT molecular complexity index is 1530. The molecule has 0 saturated carbocycles. The number of ether oxygens (including phenoxy) is 2. The van der Waals surface area contributed by atoms with Gasteiger partial charge < -0.3 is 14.4 Å². The molecule has 0 radical (unpaired) electrons. The zero-order valence-electron chi connectivity index (χ0n) is 24.0. The number of carbonyl (C=O) groups is 2. The molecule has 3 aromatic carbocycles. The molecule has 1 aliphatic heterocycles. The molecule has 218 valence electrons. The lowest BCUT2D eigenvalue weighted by Crippen LogP contribution is -2.42. The highest BCUT2D eigenvalue weighted by atomic mass is 19.1. The summed E-state index contributed by atoms with van der Waals surface area (Å²) in [4.78, 5) is 32.9. The van der Waals surface area contributed by atoms with Crippen molar-refractivity contribution in [3.05, 3.63) is 95.9 Å². The van der Waals surface area contributed by atoms with Crippen molar-refractivity contribution >= 4 is 17.8 Å². The molecule has 1 aliphatic rings. The highest BCUT2D eigenvalue weighted by molar-refractivity contribution is 5.99. The predicted octanol–water partition coefficient (Wildman–Crippen LogP) is 6.07. The lowest BCUT2D eigenvalue weighted by atomic mass is 10.0. The first-order chi connectivity index (χ1) is 20.3. The fraction of sp³-hybridized carbons (Fsp3) is 0.303. The number of anilines is 1. The number of benzene rings is 3. The van der Waals surface area contributed by atoms with Crippen molar-refractivity contribution in [1.82, 2.24) is 14.5 Å². The Morgan fingerprint density at radius 2 is 1.83 bits per heavy atom. The minimum Gasteiger partial charge on any atom is -0.497 e. The summed E-state index contributed by atoms with van der Waals surface area (Å²) in [6.45, 7) is 4.75. The van der Waals surface area contributed by atoms with E-state index in [0.29, 0.717) is 24.2 Å². The second-order valence-electron chi connectivity index (χ2n) is 10.6. The molecule has 1 N–H and O–H groups in total. The maximum absolute atomic E-state index is 14.5. The van der Waals surface area contributed by atoms with Crippen LogP contribution in [0.15, 0.2) is 79.0 Å². The summed E-state index contributed by atoms with van der Waals surface area (Å²) in [6, 6.07) is 21.3. The first-order valence-electron chi connectivity index (χ1n) is 14.1. The lowest BCUT2D eigenvalue weighted by molar-refractivity contribution is -0.117. The predicted molar refractivity (Wildman–Crippen MR) is 160 cm³/mol. The van der Waals surface area contributed by atoms with Crippen molar-refractivity contribution in [2.24, 2.45) is 0 Å². The molecule has 0 bridgehead atoms. The molecule has 8 nitrogen and oxygen atoms in total. The van der Waals surface area contributed by atoms with E-state index in [1.807, 2.05) is 47.2 Å². The van der Waals surface area contributed by atoms with E-state index in [-0.39, 0.29) is 24.8 Å². The third kappa shape index (κ3) is 6.69. The molecule has 9 heteroatoms. The van der Waals surface area contributed by atoms with Crippen LogP contribution in [0, 0.1) is 5.82 Å². The first kappa shape index (κ1) is 29.0. The zero-order chi connectivity index (χ0) is 29.6. The highest BCUT2D eigenvalue weighted by Gasteiger charge is 2.27. The second kappa shape index (κ2) is 13.0. The van der Waals surface area contributed by atoms with Crippen molar-refractivity contribution in [2.45, 2.75) is 38.7 Å². The van der Waals surface area contributed by atoms with Crippen molar-refractivity contribution < 1.29 is 23.5 Å². The van der Waals surface area contributed by atoms with Gasteiger partial charge in [-0.25, -0.2) is 9.37 Å². The van der Waals surface area contributed by atoms with E-state index in [1.54, 1.807) is 13.2 Å². The molecular formula is C33H35FN4O4. The van der Waals surface area contributed by atoms with Gasteiger partial charge in [0.25, 0.3) is 5.91 Å².